The van der Waals surface area contributed by atoms with Gasteiger partial charge in [-0.1, -0.05) is 31.7 Å². The SMILES string of the molecule is C=CCOc1cccc(C2C(=C(O)c3ccc(OCCC)cc3)C(=O)C(=O)N2c2nccs2)c1. The molecule has 34 heavy (non-hydrogen) atoms. The van der Waals surface area contributed by atoms with Gasteiger partial charge in [0.15, 0.2) is 5.13 Å². The van der Waals surface area contributed by atoms with Gasteiger partial charge in [0.1, 0.15) is 23.9 Å². The van der Waals surface area contributed by atoms with Crippen LogP contribution in [0.25, 0.3) is 5.76 Å². The molecule has 1 fully saturated rings. The molecule has 2 heterocycles. The number of nitrogens with zero attached hydrogens (tertiary/aromatic N) is 2. The molecule has 1 unspecified atom stereocenters. The van der Waals surface area contributed by atoms with E-state index < -0.39 is 17.7 Å². The molecule has 0 bridgehead atoms. The number of amides is 1. The number of rotatable bonds is 9. The summed E-state index contributed by atoms with van der Waals surface area (Å²) >= 11 is 1.24. The summed E-state index contributed by atoms with van der Waals surface area (Å²) in [5.41, 5.74) is 1.01. The Bertz CT molecular complexity index is 1220. The molecular formula is C26H24N2O5S. The Morgan fingerprint density at radius 1 is 1.18 bits per heavy atom. The first-order chi connectivity index (χ1) is 16.5. The maximum atomic E-state index is 13.2. The minimum Gasteiger partial charge on any atom is -0.507 e. The van der Waals surface area contributed by atoms with Crippen molar-refractivity contribution in [1.29, 1.82) is 0 Å². The standard InChI is InChI=1S/C26H24N2O5S/c1-3-13-32-19-10-8-17(9-11-19)23(29)21-22(18-6-5-7-20(16-18)33-14-4-2)28(25(31)24(21)30)26-27-12-15-34-26/h4-12,15-16,22,29H,2-3,13-14H2,1H3. The van der Waals surface area contributed by atoms with E-state index in [4.69, 9.17) is 9.47 Å². The summed E-state index contributed by atoms with van der Waals surface area (Å²) in [5.74, 6) is -0.574. The third kappa shape index (κ3) is 4.58. The molecule has 0 spiro atoms. The minimum atomic E-state index is -0.866. The van der Waals surface area contributed by atoms with Crippen molar-refractivity contribution in [3.8, 4) is 11.5 Å². The average Bonchev–Trinajstić information content (AvgIpc) is 3.48. The maximum Gasteiger partial charge on any atom is 0.301 e. The zero-order chi connectivity index (χ0) is 24.1. The second-order valence-electron chi connectivity index (χ2n) is 7.53. The van der Waals surface area contributed by atoms with Crippen LogP contribution in [0.2, 0.25) is 0 Å². The summed E-state index contributed by atoms with van der Waals surface area (Å²) < 4.78 is 11.2. The summed E-state index contributed by atoms with van der Waals surface area (Å²) in [6.07, 6.45) is 4.06. The number of anilines is 1. The zero-order valence-corrected chi connectivity index (χ0v) is 19.5. The van der Waals surface area contributed by atoms with Crippen LogP contribution in [0.1, 0.15) is 30.5 Å². The number of aromatic nitrogens is 1. The van der Waals surface area contributed by atoms with Gasteiger partial charge in [-0.25, -0.2) is 4.98 Å². The Morgan fingerprint density at radius 3 is 2.65 bits per heavy atom. The smallest absolute Gasteiger partial charge is 0.301 e. The van der Waals surface area contributed by atoms with Crippen molar-refractivity contribution in [3.63, 3.8) is 0 Å². The number of benzene rings is 2. The number of aliphatic hydroxyl groups excluding tert-OH is 1. The molecule has 174 valence electrons. The second-order valence-corrected chi connectivity index (χ2v) is 8.40. The third-order valence-electron chi connectivity index (χ3n) is 5.21. The highest BCUT2D eigenvalue weighted by Gasteiger charge is 2.48. The van der Waals surface area contributed by atoms with Crippen molar-refractivity contribution in [3.05, 3.63) is 89.5 Å². The molecule has 0 aliphatic carbocycles. The van der Waals surface area contributed by atoms with Gasteiger partial charge < -0.3 is 14.6 Å². The lowest BCUT2D eigenvalue weighted by molar-refractivity contribution is -0.132. The summed E-state index contributed by atoms with van der Waals surface area (Å²) in [6.45, 7) is 6.55. The van der Waals surface area contributed by atoms with E-state index >= 15 is 0 Å². The predicted octanol–water partition coefficient (Wildman–Crippen LogP) is 5.12. The molecule has 1 amide bonds. The Kier molecular flexibility index (Phi) is 7.08. The minimum absolute atomic E-state index is 0.0108. The highest BCUT2D eigenvalue weighted by atomic mass is 32.1. The highest BCUT2D eigenvalue weighted by Crippen LogP contribution is 2.43. The molecule has 1 aromatic heterocycles. The molecule has 7 nitrogen and oxygen atoms in total. The number of thiazole rings is 1. The fraction of sp³-hybridized carbons (Fsp3) is 0.192. The van der Waals surface area contributed by atoms with Crippen LogP contribution in [0.3, 0.4) is 0 Å². The number of carbonyl (C=O) groups is 2. The molecule has 1 atom stereocenters. The normalized spacial score (nSPS) is 17.1. The Balaban J connectivity index is 1.81. The van der Waals surface area contributed by atoms with Crippen molar-refractivity contribution in [2.75, 3.05) is 18.1 Å². The monoisotopic (exact) mass is 476 g/mol. The lowest BCUT2D eigenvalue weighted by Crippen LogP contribution is -2.29. The van der Waals surface area contributed by atoms with Gasteiger partial charge in [-0.2, -0.15) is 0 Å². The Hall–Kier alpha value is -3.91. The number of ether oxygens (including phenoxy) is 2. The topological polar surface area (TPSA) is 89.0 Å². The van der Waals surface area contributed by atoms with Gasteiger partial charge in [0.05, 0.1) is 18.2 Å². The van der Waals surface area contributed by atoms with Crippen molar-refractivity contribution >= 4 is 33.9 Å². The number of aliphatic hydroxyl groups is 1. The molecular weight excluding hydrogens is 452 g/mol. The first-order valence-electron chi connectivity index (χ1n) is 10.8. The van der Waals surface area contributed by atoms with Crippen LogP contribution in [0.15, 0.2) is 78.3 Å². The summed E-state index contributed by atoms with van der Waals surface area (Å²) in [5, 5.41) is 13.3. The lowest BCUT2D eigenvalue weighted by Gasteiger charge is -2.23. The maximum absolute atomic E-state index is 13.2. The Labute approximate surface area is 201 Å². The fourth-order valence-electron chi connectivity index (χ4n) is 3.69. The Morgan fingerprint density at radius 2 is 1.97 bits per heavy atom. The van der Waals surface area contributed by atoms with E-state index in [9.17, 15) is 14.7 Å². The van der Waals surface area contributed by atoms with E-state index in [1.54, 1.807) is 66.2 Å². The van der Waals surface area contributed by atoms with Gasteiger partial charge in [0.25, 0.3) is 5.78 Å². The number of hydrogen-bond acceptors (Lipinski definition) is 7. The summed E-state index contributed by atoms with van der Waals surface area (Å²) in [4.78, 5) is 31.8. The lowest BCUT2D eigenvalue weighted by atomic mass is 9.95. The number of carbonyl (C=O) groups excluding carboxylic acids is 2. The molecule has 4 rings (SSSR count). The van der Waals surface area contributed by atoms with Crippen LogP contribution in [0.4, 0.5) is 5.13 Å². The summed E-state index contributed by atoms with van der Waals surface area (Å²) in [7, 11) is 0. The molecule has 1 saturated heterocycles. The van der Waals surface area contributed by atoms with Crippen LogP contribution in [0.5, 0.6) is 11.5 Å². The molecule has 8 heteroatoms. The van der Waals surface area contributed by atoms with Gasteiger partial charge in [-0.3, -0.25) is 14.5 Å². The highest BCUT2D eigenvalue weighted by molar-refractivity contribution is 7.14. The van der Waals surface area contributed by atoms with Crippen molar-refractivity contribution < 1.29 is 24.2 Å². The first kappa shape index (κ1) is 23.3. The van der Waals surface area contributed by atoms with Gasteiger partial charge in [0, 0.05) is 17.1 Å². The quantitative estimate of drug-likeness (QED) is 0.200. The van der Waals surface area contributed by atoms with E-state index in [-0.39, 0.29) is 11.3 Å². The molecule has 2 aromatic carbocycles. The molecule has 1 aliphatic rings. The van der Waals surface area contributed by atoms with Crippen LogP contribution in [-0.2, 0) is 9.59 Å². The van der Waals surface area contributed by atoms with Gasteiger partial charge in [0.2, 0.25) is 0 Å². The number of Topliss-reactive ketones (excluding diaryl/α,β-unsaturated/α-hetero) is 1. The van der Waals surface area contributed by atoms with Crippen LogP contribution < -0.4 is 14.4 Å². The second kappa shape index (κ2) is 10.4. The van der Waals surface area contributed by atoms with E-state index in [0.717, 1.165) is 6.42 Å². The van der Waals surface area contributed by atoms with E-state index in [1.165, 1.54) is 16.2 Å². The third-order valence-corrected chi connectivity index (χ3v) is 5.98. The van der Waals surface area contributed by atoms with Gasteiger partial charge in [-0.15, -0.1) is 11.3 Å². The van der Waals surface area contributed by atoms with Crippen molar-refractivity contribution in [2.24, 2.45) is 0 Å². The van der Waals surface area contributed by atoms with Crippen LogP contribution in [-0.4, -0.2) is 35.0 Å². The fourth-order valence-corrected chi connectivity index (χ4v) is 4.36. The molecule has 1 N–H and O–H groups in total. The number of hydrogen-bond donors (Lipinski definition) is 1. The largest absolute Gasteiger partial charge is 0.507 e. The molecule has 0 radical (unpaired) electrons. The van der Waals surface area contributed by atoms with E-state index in [2.05, 4.69) is 11.6 Å². The van der Waals surface area contributed by atoms with Crippen molar-refractivity contribution in [2.45, 2.75) is 19.4 Å². The van der Waals surface area contributed by atoms with Crippen LogP contribution >= 0.6 is 11.3 Å². The average molecular weight is 477 g/mol. The number of ketones is 1. The van der Waals surface area contributed by atoms with E-state index in [0.29, 0.717) is 41.0 Å². The van der Waals surface area contributed by atoms with Crippen LogP contribution in [0, 0.1) is 0 Å². The first-order valence-corrected chi connectivity index (χ1v) is 11.7. The van der Waals surface area contributed by atoms with Gasteiger partial charge >= 0.3 is 5.91 Å². The predicted molar refractivity (Wildman–Crippen MR) is 131 cm³/mol. The molecule has 1 aliphatic heterocycles. The molecule has 0 saturated carbocycles. The molecule has 3 aromatic rings. The zero-order valence-electron chi connectivity index (χ0n) is 18.6. The summed E-state index contributed by atoms with van der Waals surface area (Å²) in [6, 6.07) is 13.0. The van der Waals surface area contributed by atoms with Crippen molar-refractivity contribution in [1.82, 2.24) is 4.98 Å². The van der Waals surface area contributed by atoms with Gasteiger partial charge in [-0.05, 0) is 48.4 Å². The van der Waals surface area contributed by atoms with E-state index in [1.807, 2.05) is 6.92 Å².